The molecule has 0 aliphatic heterocycles. The molecule has 0 radical (unpaired) electrons. The minimum absolute atomic E-state index is 0.224. The maximum Gasteiger partial charge on any atom is 0.278 e. The summed E-state index contributed by atoms with van der Waals surface area (Å²) in [6.45, 7) is 0. The van der Waals surface area contributed by atoms with E-state index in [0.717, 1.165) is 4.90 Å². The highest BCUT2D eigenvalue weighted by atomic mass is 127. The summed E-state index contributed by atoms with van der Waals surface area (Å²) in [7, 11) is 0. The first-order valence-electron chi connectivity index (χ1n) is 6.23. The Hall–Kier alpha value is -1.68. The second-order valence-corrected chi connectivity index (χ2v) is 6.26. The number of aromatic amines is 1. The fraction of sp³-hybridized carbons (Fsp3) is 0.0714. The molecular formula is C14H10FIN4OS. The van der Waals surface area contributed by atoms with Gasteiger partial charge in [0.05, 0.1) is 10.6 Å². The number of hydrogen-bond acceptors (Lipinski definition) is 4. The maximum absolute atomic E-state index is 13.0. The van der Waals surface area contributed by atoms with E-state index in [1.54, 1.807) is 16.9 Å². The molecule has 112 valence electrons. The summed E-state index contributed by atoms with van der Waals surface area (Å²) in [6.07, 6.45) is 5.00. The van der Waals surface area contributed by atoms with Crippen molar-refractivity contribution >= 4 is 34.4 Å². The van der Waals surface area contributed by atoms with E-state index in [0.29, 0.717) is 20.6 Å². The molecular weight excluding hydrogens is 418 g/mol. The van der Waals surface area contributed by atoms with Gasteiger partial charge >= 0.3 is 0 Å². The van der Waals surface area contributed by atoms with E-state index >= 15 is 0 Å². The normalized spacial score (nSPS) is 10.9. The molecule has 5 nitrogen and oxygen atoms in total. The lowest BCUT2D eigenvalue weighted by Gasteiger charge is -2.11. The summed E-state index contributed by atoms with van der Waals surface area (Å²) in [5.41, 5.74) is 1.03. The molecule has 0 aliphatic rings. The Morgan fingerprint density at radius 1 is 1.32 bits per heavy atom. The first-order valence-corrected chi connectivity index (χ1v) is 8.54. The van der Waals surface area contributed by atoms with Crippen LogP contribution in [0.3, 0.4) is 0 Å². The standard InChI is InChI=1S/C14H10FIN4OS/c1-22-9-3-2-6-17-13(9)20-12(11(16)14(21)19-20)8-4-5-10(15)18-7-8/h2-7H,1H3,(H,19,21). The van der Waals surface area contributed by atoms with Crippen LogP contribution in [-0.4, -0.2) is 26.0 Å². The third-order valence-corrected chi connectivity index (χ3v) is 4.79. The van der Waals surface area contributed by atoms with Crippen LogP contribution in [0.1, 0.15) is 0 Å². The van der Waals surface area contributed by atoms with Crippen LogP contribution < -0.4 is 5.56 Å². The zero-order valence-electron chi connectivity index (χ0n) is 11.4. The van der Waals surface area contributed by atoms with Crippen molar-refractivity contribution in [3.8, 4) is 17.1 Å². The van der Waals surface area contributed by atoms with Crippen LogP contribution in [0.15, 0.2) is 46.3 Å². The largest absolute Gasteiger partial charge is 0.278 e. The molecule has 0 unspecified atom stereocenters. The molecule has 3 aromatic rings. The van der Waals surface area contributed by atoms with Gasteiger partial charge in [-0.15, -0.1) is 11.8 Å². The number of nitrogens with one attached hydrogen (secondary N) is 1. The molecule has 0 bridgehead atoms. The van der Waals surface area contributed by atoms with E-state index in [4.69, 9.17) is 0 Å². The lowest BCUT2D eigenvalue weighted by atomic mass is 10.2. The Morgan fingerprint density at radius 3 is 2.82 bits per heavy atom. The molecule has 3 aromatic heterocycles. The molecule has 0 aromatic carbocycles. The Kier molecular flexibility index (Phi) is 4.30. The molecule has 0 saturated carbocycles. The van der Waals surface area contributed by atoms with E-state index < -0.39 is 5.95 Å². The fourth-order valence-electron chi connectivity index (χ4n) is 2.05. The van der Waals surface area contributed by atoms with Crippen LogP contribution in [0.4, 0.5) is 4.39 Å². The summed E-state index contributed by atoms with van der Waals surface area (Å²) in [6, 6.07) is 6.61. The van der Waals surface area contributed by atoms with Gasteiger partial charge in [0, 0.05) is 18.0 Å². The van der Waals surface area contributed by atoms with Gasteiger partial charge in [0.2, 0.25) is 5.95 Å². The van der Waals surface area contributed by atoms with Crippen molar-refractivity contribution in [2.24, 2.45) is 0 Å². The third kappa shape index (κ3) is 2.68. The second kappa shape index (κ2) is 6.21. The van der Waals surface area contributed by atoms with Crippen LogP contribution in [0.25, 0.3) is 17.1 Å². The molecule has 0 fully saturated rings. The topological polar surface area (TPSA) is 63.6 Å². The van der Waals surface area contributed by atoms with Gasteiger partial charge in [-0.05, 0) is 53.1 Å². The van der Waals surface area contributed by atoms with Crippen LogP contribution in [0, 0.1) is 9.52 Å². The van der Waals surface area contributed by atoms with Gasteiger partial charge in [0.15, 0.2) is 5.82 Å². The molecule has 1 N–H and O–H groups in total. The van der Waals surface area contributed by atoms with E-state index in [2.05, 4.69) is 15.1 Å². The molecule has 0 aliphatic carbocycles. The van der Waals surface area contributed by atoms with Gasteiger partial charge in [-0.25, -0.2) is 14.6 Å². The van der Waals surface area contributed by atoms with Crippen molar-refractivity contribution < 1.29 is 4.39 Å². The van der Waals surface area contributed by atoms with Gasteiger partial charge in [-0.1, -0.05) is 0 Å². The summed E-state index contributed by atoms with van der Waals surface area (Å²) >= 11 is 3.50. The summed E-state index contributed by atoms with van der Waals surface area (Å²) in [4.78, 5) is 21.0. The SMILES string of the molecule is CSc1cccnc1-n1[nH]c(=O)c(I)c1-c1ccc(F)nc1. The van der Waals surface area contributed by atoms with E-state index in [1.807, 2.05) is 41.0 Å². The Morgan fingerprint density at radius 2 is 2.14 bits per heavy atom. The van der Waals surface area contributed by atoms with Crippen LogP contribution >= 0.6 is 34.4 Å². The Bertz CT molecular complexity index is 875. The lowest BCUT2D eigenvalue weighted by Crippen LogP contribution is -2.07. The van der Waals surface area contributed by atoms with Gasteiger partial charge < -0.3 is 0 Å². The van der Waals surface area contributed by atoms with Crippen molar-refractivity contribution in [3.63, 3.8) is 0 Å². The predicted molar refractivity (Wildman–Crippen MR) is 91.9 cm³/mol. The number of rotatable bonds is 3. The second-order valence-electron chi connectivity index (χ2n) is 4.34. The monoisotopic (exact) mass is 428 g/mol. The number of nitrogens with zero attached hydrogens (tertiary/aromatic N) is 3. The summed E-state index contributed by atoms with van der Waals surface area (Å²) < 4.78 is 15.2. The number of pyridine rings is 2. The quantitative estimate of drug-likeness (QED) is 0.396. The average molecular weight is 428 g/mol. The minimum atomic E-state index is -0.564. The fourth-order valence-corrected chi connectivity index (χ4v) is 3.27. The van der Waals surface area contributed by atoms with Gasteiger partial charge in [0.1, 0.15) is 3.57 Å². The first-order chi connectivity index (χ1) is 10.6. The highest BCUT2D eigenvalue weighted by Gasteiger charge is 2.18. The van der Waals surface area contributed by atoms with Gasteiger partial charge in [-0.3, -0.25) is 9.89 Å². The maximum atomic E-state index is 13.0. The number of thioether (sulfide) groups is 1. The van der Waals surface area contributed by atoms with Crippen LogP contribution in [0.5, 0.6) is 0 Å². The predicted octanol–water partition coefficient (Wildman–Crippen LogP) is 3.09. The molecule has 8 heteroatoms. The van der Waals surface area contributed by atoms with Crippen molar-refractivity contribution in [3.05, 3.63) is 56.5 Å². The number of H-pyrrole nitrogens is 1. The van der Waals surface area contributed by atoms with Crippen molar-refractivity contribution in [1.29, 1.82) is 0 Å². The molecule has 3 rings (SSSR count). The van der Waals surface area contributed by atoms with Gasteiger partial charge in [0.25, 0.3) is 5.56 Å². The van der Waals surface area contributed by atoms with E-state index in [-0.39, 0.29) is 5.56 Å². The van der Waals surface area contributed by atoms with Crippen LogP contribution in [-0.2, 0) is 0 Å². The highest BCUT2D eigenvalue weighted by molar-refractivity contribution is 14.1. The molecule has 3 heterocycles. The minimum Gasteiger partial charge on any atom is -0.267 e. The molecule has 0 amide bonds. The molecule has 0 saturated heterocycles. The van der Waals surface area contributed by atoms with Crippen molar-refractivity contribution in [2.45, 2.75) is 4.90 Å². The molecule has 0 atom stereocenters. The lowest BCUT2D eigenvalue weighted by molar-refractivity contribution is 0.584. The number of aromatic nitrogens is 4. The number of halogens is 2. The third-order valence-electron chi connectivity index (χ3n) is 3.03. The van der Waals surface area contributed by atoms with Crippen molar-refractivity contribution in [2.75, 3.05) is 6.26 Å². The van der Waals surface area contributed by atoms with Crippen LogP contribution in [0.2, 0.25) is 0 Å². The molecule has 22 heavy (non-hydrogen) atoms. The summed E-state index contributed by atoms with van der Waals surface area (Å²) in [5.74, 6) is 0.0557. The van der Waals surface area contributed by atoms with E-state index in [9.17, 15) is 9.18 Å². The smallest absolute Gasteiger partial charge is 0.267 e. The average Bonchev–Trinajstić information content (AvgIpc) is 2.84. The van der Waals surface area contributed by atoms with E-state index in [1.165, 1.54) is 24.0 Å². The Balaban J connectivity index is 2.27. The first kappa shape index (κ1) is 15.2. The Labute approximate surface area is 143 Å². The number of hydrogen-bond donors (Lipinski definition) is 1. The summed E-state index contributed by atoms with van der Waals surface area (Å²) in [5, 5.41) is 2.77. The highest BCUT2D eigenvalue weighted by Crippen LogP contribution is 2.28. The zero-order chi connectivity index (χ0) is 15.7. The molecule has 0 spiro atoms. The zero-order valence-corrected chi connectivity index (χ0v) is 14.4. The van der Waals surface area contributed by atoms with Crippen molar-refractivity contribution in [1.82, 2.24) is 19.7 Å². The van der Waals surface area contributed by atoms with Gasteiger partial charge in [-0.2, -0.15) is 4.39 Å².